The molecule has 1 aromatic heterocycles. The summed E-state index contributed by atoms with van der Waals surface area (Å²) in [6.45, 7) is 3.78. The molecule has 1 saturated heterocycles. The maximum absolute atomic E-state index is 13.4. The zero-order valence-corrected chi connectivity index (χ0v) is 16.7. The monoisotopic (exact) mass is 406 g/mol. The molecule has 0 amide bonds. The summed E-state index contributed by atoms with van der Waals surface area (Å²) < 4.78 is 28.0. The van der Waals surface area contributed by atoms with Gasteiger partial charge in [-0.15, -0.1) is 12.4 Å². The lowest BCUT2D eigenvalue weighted by Gasteiger charge is -2.24. The first-order valence-electron chi connectivity index (χ1n) is 8.83. The zero-order chi connectivity index (χ0) is 18.1. The van der Waals surface area contributed by atoms with Crippen LogP contribution in [0.3, 0.4) is 0 Å². The van der Waals surface area contributed by atoms with Crippen molar-refractivity contribution in [1.82, 2.24) is 14.3 Å². The molecular weight excluding hydrogens is 384 g/mol. The lowest BCUT2D eigenvalue weighted by Crippen LogP contribution is -2.36. The fraction of sp³-hybridized carbons (Fsp3) is 0.316. The molecule has 0 spiro atoms. The molecule has 0 radical (unpaired) electrons. The molecule has 0 bridgehead atoms. The van der Waals surface area contributed by atoms with Crippen LogP contribution in [0.15, 0.2) is 53.4 Å². The molecule has 2 aromatic carbocycles. The Hall–Kier alpha value is -2.09. The third-order valence-electron chi connectivity index (χ3n) is 4.75. The maximum atomic E-state index is 13.4. The highest BCUT2D eigenvalue weighted by molar-refractivity contribution is 7.90. The van der Waals surface area contributed by atoms with Crippen LogP contribution in [-0.4, -0.2) is 36.5 Å². The highest BCUT2D eigenvalue weighted by Crippen LogP contribution is 2.27. The van der Waals surface area contributed by atoms with Crippen LogP contribution in [0.4, 0.5) is 5.95 Å². The van der Waals surface area contributed by atoms with Crippen LogP contribution in [0.5, 0.6) is 0 Å². The molecule has 0 atom stereocenters. The Balaban J connectivity index is 0.00000210. The van der Waals surface area contributed by atoms with Gasteiger partial charge >= 0.3 is 0 Å². The lowest BCUT2D eigenvalue weighted by molar-refractivity contribution is 0.477. The van der Waals surface area contributed by atoms with Gasteiger partial charge in [0.05, 0.1) is 15.9 Å². The molecule has 27 heavy (non-hydrogen) atoms. The summed E-state index contributed by atoms with van der Waals surface area (Å²) in [6, 6.07) is 14.5. The molecule has 3 aromatic rings. The van der Waals surface area contributed by atoms with Gasteiger partial charge in [-0.25, -0.2) is 17.4 Å². The van der Waals surface area contributed by atoms with E-state index in [0.717, 1.165) is 31.5 Å². The quantitative estimate of drug-likeness (QED) is 0.696. The van der Waals surface area contributed by atoms with Crippen molar-refractivity contribution in [2.24, 2.45) is 0 Å². The molecule has 2 heterocycles. The van der Waals surface area contributed by atoms with Crippen LogP contribution in [0.25, 0.3) is 11.0 Å². The predicted octanol–water partition coefficient (Wildman–Crippen LogP) is 3.17. The van der Waals surface area contributed by atoms with E-state index in [1.807, 2.05) is 37.3 Å². The first-order valence-corrected chi connectivity index (χ1v) is 10.3. The Labute approximate surface area is 165 Å². The Morgan fingerprint density at radius 1 is 1.07 bits per heavy atom. The van der Waals surface area contributed by atoms with Gasteiger partial charge in [-0.3, -0.25) is 0 Å². The molecule has 1 aliphatic heterocycles. The molecule has 2 N–H and O–H groups in total. The molecule has 1 fully saturated rings. The number of imidazole rings is 1. The van der Waals surface area contributed by atoms with E-state index in [9.17, 15) is 8.42 Å². The summed E-state index contributed by atoms with van der Waals surface area (Å²) in [5.41, 5.74) is 2.27. The van der Waals surface area contributed by atoms with Gasteiger partial charge in [0.2, 0.25) is 5.95 Å². The van der Waals surface area contributed by atoms with Crippen molar-refractivity contribution in [3.8, 4) is 0 Å². The molecule has 6 nitrogen and oxygen atoms in total. The number of hydrogen-bond donors (Lipinski definition) is 2. The van der Waals surface area contributed by atoms with Gasteiger partial charge in [-0.05, 0) is 57.1 Å². The number of piperidine rings is 1. The average Bonchev–Trinajstić information content (AvgIpc) is 3.01. The van der Waals surface area contributed by atoms with Crippen LogP contribution in [0.2, 0.25) is 0 Å². The summed E-state index contributed by atoms with van der Waals surface area (Å²) in [5, 5.41) is 6.68. The summed E-state index contributed by atoms with van der Waals surface area (Å²) >= 11 is 0. The summed E-state index contributed by atoms with van der Waals surface area (Å²) in [4.78, 5) is 4.83. The second kappa shape index (κ2) is 7.88. The molecule has 0 unspecified atom stereocenters. The number of fused-ring (bicyclic) bond motifs is 1. The molecule has 0 saturated carbocycles. The second-order valence-electron chi connectivity index (χ2n) is 6.68. The Morgan fingerprint density at radius 2 is 1.74 bits per heavy atom. The molecule has 144 valence electrons. The average molecular weight is 407 g/mol. The van der Waals surface area contributed by atoms with Crippen LogP contribution < -0.4 is 10.6 Å². The number of aromatic nitrogens is 2. The Bertz CT molecular complexity index is 1030. The van der Waals surface area contributed by atoms with E-state index < -0.39 is 10.0 Å². The number of aryl methyl sites for hydroxylation is 1. The van der Waals surface area contributed by atoms with Crippen molar-refractivity contribution in [2.75, 3.05) is 18.4 Å². The van der Waals surface area contributed by atoms with Crippen molar-refractivity contribution < 1.29 is 8.42 Å². The van der Waals surface area contributed by atoms with Crippen LogP contribution in [0.1, 0.15) is 18.4 Å². The van der Waals surface area contributed by atoms with Crippen molar-refractivity contribution in [2.45, 2.75) is 30.7 Å². The minimum atomic E-state index is -3.74. The van der Waals surface area contributed by atoms with Crippen molar-refractivity contribution in [1.29, 1.82) is 0 Å². The number of para-hydroxylation sites is 2. The summed E-state index contributed by atoms with van der Waals surface area (Å²) in [7, 11) is -3.74. The molecule has 8 heteroatoms. The molecular formula is C19H23ClN4O2S. The second-order valence-corrected chi connectivity index (χ2v) is 8.46. The van der Waals surface area contributed by atoms with Crippen LogP contribution in [-0.2, 0) is 10.0 Å². The van der Waals surface area contributed by atoms with Crippen molar-refractivity contribution >= 4 is 39.4 Å². The summed E-state index contributed by atoms with van der Waals surface area (Å²) in [6.07, 6.45) is 1.88. The Kier molecular flexibility index (Phi) is 5.74. The largest absolute Gasteiger partial charge is 0.352 e. The number of benzene rings is 2. The van der Waals surface area contributed by atoms with Gasteiger partial charge in [-0.2, -0.15) is 0 Å². The van der Waals surface area contributed by atoms with Gasteiger partial charge in [0, 0.05) is 6.04 Å². The lowest BCUT2D eigenvalue weighted by atomic mass is 10.1. The number of nitrogens with one attached hydrogen (secondary N) is 2. The van der Waals surface area contributed by atoms with Gasteiger partial charge in [0.15, 0.2) is 0 Å². The van der Waals surface area contributed by atoms with E-state index in [4.69, 9.17) is 0 Å². The normalized spacial score (nSPS) is 15.4. The van der Waals surface area contributed by atoms with Crippen LogP contribution in [0, 0.1) is 6.92 Å². The fourth-order valence-electron chi connectivity index (χ4n) is 3.30. The number of anilines is 1. The maximum Gasteiger partial charge on any atom is 0.271 e. The number of rotatable bonds is 4. The Morgan fingerprint density at radius 3 is 2.44 bits per heavy atom. The first kappa shape index (κ1) is 19.7. The predicted molar refractivity (Wildman–Crippen MR) is 110 cm³/mol. The highest BCUT2D eigenvalue weighted by Gasteiger charge is 2.26. The zero-order valence-electron chi connectivity index (χ0n) is 15.1. The standard InChI is InChI=1S/C19H22N4O2S.ClH/c1-14-6-8-16(9-7-14)26(24,25)23-18-5-3-2-4-17(18)22-19(23)21-15-10-12-20-13-11-15;/h2-9,15,20H,10-13H2,1H3,(H,21,22);1H. The highest BCUT2D eigenvalue weighted by atomic mass is 35.5. The molecule has 1 aliphatic rings. The SMILES string of the molecule is Cc1ccc(S(=O)(=O)n2c(NC3CCNCC3)nc3ccccc32)cc1.Cl. The van der Waals surface area contributed by atoms with E-state index in [2.05, 4.69) is 15.6 Å². The minimum Gasteiger partial charge on any atom is -0.352 e. The molecule has 0 aliphatic carbocycles. The topological polar surface area (TPSA) is 76.0 Å². The van der Waals surface area contributed by atoms with Gasteiger partial charge in [-0.1, -0.05) is 29.8 Å². The number of nitrogens with zero attached hydrogens (tertiary/aromatic N) is 2. The third-order valence-corrected chi connectivity index (χ3v) is 6.47. The van der Waals surface area contributed by atoms with E-state index in [1.165, 1.54) is 3.97 Å². The number of halogens is 1. The van der Waals surface area contributed by atoms with Gasteiger partial charge in [0.25, 0.3) is 10.0 Å². The molecule has 4 rings (SSSR count). The third kappa shape index (κ3) is 3.81. The smallest absolute Gasteiger partial charge is 0.271 e. The van der Waals surface area contributed by atoms with E-state index in [1.54, 1.807) is 18.2 Å². The van der Waals surface area contributed by atoms with Crippen LogP contribution >= 0.6 is 12.4 Å². The summed E-state index contributed by atoms with van der Waals surface area (Å²) in [5.74, 6) is 0.388. The van der Waals surface area contributed by atoms with E-state index in [0.29, 0.717) is 17.0 Å². The minimum absolute atomic E-state index is 0. The fourth-order valence-corrected chi connectivity index (χ4v) is 4.73. The first-order chi connectivity index (χ1) is 12.6. The van der Waals surface area contributed by atoms with Gasteiger partial charge in [0.1, 0.15) is 0 Å². The van der Waals surface area contributed by atoms with Crippen molar-refractivity contribution in [3.05, 3.63) is 54.1 Å². The number of hydrogen-bond acceptors (Lipinski definition) is 5. The van der Waals surface area contributed by atoms with E-state index >= 15 is 0 Å². The van der Waals surface area contributed by atoms with Crippen molar-refractivity contribution in [3.63, 3.8) is 0 Å². The van der Waals surface area contributed by atoms with E-state index in [-0.39, 0.29) is 23.3 Å². The van der Waals surface area contributed by atoms with Gasteiger partial charge < -0.3 is 10.6 Å².